The molecule has 20 nitrogen and oxygen atoms in total. The molecule has 460 valence electrons. The average Bonchev–Trinajstić information content (AvgIpc) is 1.48. The maximum atomic E-state index is 14.0. The highest BCUT2D eigenvalue weighted by molar-refractivity contribution is 6.01. The van der Waals surface area contributed by atoms with Crippen LogP contribution < -0.4 is 26.2 Å². The molecular weight excluding hydrogens is 1100 g/mol. The van der Waals surface area contributed by atoms with Gasteiger partial charge in [0.25, 0.3) is 0 Å². The van der Waals surface area contributed by atoms with Gasteiger partial charge in [-0.05, 0) is 98.4 Å². The van der Waals surface area contributed by atoms with Crippen LogP contribution in [0.1, 0.15) is 108 Å². The fraction of sp³-hybridized carbons (Fsp3) is 0.530. The van der Waals surface area contributed by atoms with Crippen LogP contribution >= 0.6 is 0 Å². The molecule has 0 aromatic heterocycles. The summed E-state index contributed by atoms with van der Waals surface area (Å²) in [4.78, 5) is 93.6. The van der Waals surface area contributed by atoms with Crippen LogP contribution in [0.2, 0.25) is 0 Å². The summed E-state index contributed by atoms with van der Waals surface area (Å²) in [7, 11) is 0. The lowest BCUT2D eigenvalue weighted by Gasteiger charge is -2.59. The minimum Gasteiger partial charge on any atom is -0.393 e. The quantitative estimate of drug-likeness (QED) is 0.0425. The molecule has 3 aromatic carbocycles. The van der Waals surface area contributed by atoms with Crippen molar-refractivity contribution < 1.29 is 72.2 Å². The van der Waals surface area contributed by atoms with Crippen molar-refractivity contribution in [2.45, 2.75) is 122 Å². The summed E-state index contributed by atoms with van der Waals surface area (Å²) in [6, 6.07) is 20.1. The Labute approximate surface area is 502 Å². The van der Waals surface area contributed by atoms with E-state index in [9.17, 15) is 43.8 Å². The van der Waals surface area contributed by atoms with Crippen LogP contribution in [0.5, 0.6) is 0 Å². The van der Waals surface area contributed by atoms with Crippen molar-refractivity contribution in [2.24, 2.45) is 34.5 Å². The van der Waals surface area contributed by atoms with E-state index in [1.165, 1.54) is 6.92 Å². The van der Waals surface area contributed by atoms with Gasteiger partial charge in [-0.25, -0.2) is 0 Å². The number of ketones is 2. The number of amides is 5. The minimum atomic E-state index is -1.51. The summed E-state index contributed by atoms with van der Waals surface area (Å²) in [6.45, 7) is 11.3. The highest BCUT2D eigenvalue weighted by Crippen LogP contribution is 2.70. The maximum Gasteiger partial charge on any atom is 0.246 e. The summed E-state index contributed by atoms with van der Waals surface area (Å²) in [6.07, 6.45) is 5.08. The fourth-order valence-corrected chi connectivity index (χ4v) is 13.8. The van der Waals surface area contributed by atoms with E-state index in [1.807, 2.05) is 61.5 Å². The average molecular weight is 1180 g/mol. The zero-order chi connectivity index (χ0) is 61.2. The number of Topliss-reactive ketones (excluding diaryl/α,β-unsaturated/α-hetero) is 1. The van der Waals surface area contributed by atoms with Crippen molar-refractivity contribution in [3.05, 3.63) is 119 Å². The number of nitrogens with one attached hydrogen (secondary N) is 4. The second-order valence-electron chi connectivity index (χ2n) is 23.9. The highest BCUT2D eigenvalue weighted by atomic mass is 16.7. The van der Waals surface area contributed by atoms with Gasteiger partial charge in [0.05, 0.1) is 77.3 Å². The Morgan fingerprint density at radius 2 is 1.44 bits per heavy atom. The van der Waals surface area contributed by atoms with Crippen LogP contribution in [0.25, 0.3) is 0 Å². The van der Waals surface area contributed by atoms with Gasteiger partial charge in [-0.2, -0.15) is 0 Å². The SMILES string of the molecule is CC(C)[C@H](NC(=O)CCOCCOCCOCCOCCNC(=O)CCC(=O)N1Cc2ccccc2C#Cc2ccccc21)C(=O)N[C@@H](C)C(=O)Nc1ccc([C@H]2O[C@H]3C[C@@H]4[C@H]5CCC6=CC(=O)C=C[C@@]6(C)[C@@H]5[C@H](O)C[C@@]4(C)[C@@]3(C(=O)CO)O2)cc1. The molecule has 4 aliphatic carbocycles. The van der Waals surface area contributed by atoms with Crippen LogP contribution in [0.3, 0.4) is 0 Å². The van der Waals surface area contributed by atoms with Crippen molar-refractivity contribution in [3.8, 4) is 11.8 Å². The Kier molecular flexibility index (Phi) is 20.9. The van der Waals surface area contributed by atoms with Gasteiger partial charge in [-0.1, -0.05) is 93.6 Å². The number of aliphatic hydroxyl groups is 2. The molecule has 9 rings (SSSR count). The molecule has 6 N–H and O–H groups in total. The van der Waals surface area contributed by atoms with Gasteiger partial charge >= 0.3 is 0 Å². The Morgan fingerprint density at radius 3 is 2.15 bits per heavy atom. The second-order valence-corrected chi connectivity index (χ2v) is 23.9. The third-order valence-corrected chi connectivity index (χ3v) is 18.2. The topological polar surface area (TPSA) is 267 Å². The Balaban J connectivity index is 0.612. The summed E-state index contributed by atoms with van der Waals surface area (Å²) in [5.41, 5.74) is 2.48. The van der Waals surface area contributed by atoms with Crippen molar-refractivity contribution in [2.75, 3.05) is 76.2 Å². The van der Waals surface area contributed by atoms with Crippen molar-refractivity contribution in [1.29, 1.82) is 0 Å². The number of fused-ring (bicyclic) bond motifs is 9. The third-order valence-electron chi connectivity index (χ3n) is 18.2. The molecule has 0 unspecified atom stereocenters. The first-order chi connectivity index (χ1) is 41.4. The molecule has 5 amide bonds. The lowest BCUT2D eigenvalue weighted by molar-refractivity contribution is -0.201. The Hall–Kier alpha value is -6.93. The van der Waals surface area contributed by atoms with Gasteiger partial charge in [0.2, 0.25) is 29.5 Å². The van der Waals surface area contributed by atoms with E-state index >= 15 is 0 Å². The highest BCUT2D eigenvalue weighted by Gasteiger charge is 2.76. The van der Waals surface area contributed by atoms with E-state index < -0.39 is 77.1 Å². The monoisotopic (exact) mass is 1180 g/mol. The molecule has 0 spiro atoms. The zero-order valence-corrected chi connectivity index (χ0v) is 49.7. The van der Waals surface area contributed by atoms with Gasteiger partial charge in [-0.15, -0.1) is 0 Å². The molecule has 6 aliphatic rings. The molecule has 20 heteroatoms. The van der Waals surface area contributed by atoms with Gasteiger partial charge in [0.15, 0.2) is 23.5 Å². The molecule has 2 aliphatic heterocycles. The Morgan fingerprint density at radius 1 is 0.779 bits per heavy atom. The number of benzene rings is 3. The van der Waals surface area contributed by atoms with Crippen molar-refractivity contribution >= 4 is 52.5 Å². The molecule has 86 heavy (non-hydrogen) atoms. The lowest BCUT2D eigenvalue weighted by Crippen LogP contribution is -2.63. The predicted octanol–water partition coefficient (Wildman–Crippen LogP) is 5.17. The van der Waals surface area contributed by atoms with Crippen LogP contribution in [0.15, 0.2) is 96.6 Å². The molecule has 2 heterocycles. The summed E-state index contributed by atoms with van der Waals surface area (Å²) in [5, 5.41) is 33.4. The number of rotatable bonds is 27. The number of carbonyl (C=O) groups excluding carboxylic acids is 7. The number of hydrogen-bond acceptors (Lipinski definition) is 15. The smallest absolute Gasteiger partial charge is 0.246 e. The molecule has 3 aromatic rings. The van der Waals surface area contributed by atoms with E-state index in [4.69, 9.17) is 28.4 Å². The van der Waals surface area contributed by atoms with Crippen LogP contribution in [-0.2, 0) is 68.5 Å². The number of carbonyl (C=O) groups is 7. The van der Waals surface area contributed by atoms with E-state index in [0.717, 1.165) is 34.4 Å². The predicted molar refractivity (Wildman–Crippen MR) is 317 cm³/mol. The van der Waals surface area contributed by atoms with E-state index in [2.05, 4.69) is 40.0 Å². The number of anilines is 2. The molecule has 0 radical (unpaired) electrons. The maximum absolute atomic E-state index is 14.0. The van der Waals surface area contributed by atoms with E-state index in [-0.39, 0.29) is 93.4 Å². The first-order valence-electron chi connectivity index (χ1n) is 30.0. The molecule has 3 saturated carbocycles. The number of hydrogen-bond donors (Lipinski definition) is 6. The summed E-state index contributed by atoms with van der Waals surface area (Å²) < 4.78 is 35.5. The molecule has 11 atom stereocenters. The number of aliphatic hydroxyl groups excluding tert-OH is 2. The van der Waals surface area contributed by atoms with Gasteiger partial charge in [-0.3, -0.25) is 33.6 Å². The fourth-order valence-electron chi connectivity index (χ4n) is 13.8. The van der Waals surface area contributed by atoms with E-state index in [1.54, 1.807) is 55.2 Å². The van der Waals surface area contributed by atoms with Gasteiger partial charge < -0.3 is 64.8 Å². The summed E-state index contributed by atoms with van der Waals surface area (Å²) >= 11 is 0. The van der Waals surface area contributed by atoms with Crippen LogP contribution in [0, 0.1) is 46.3 Å². The number of allylic oxidation sites excluding steroid dienone is 4. The first kappa shape index (κ1) is 63.6. The zero-order valence-electron chi connectivity index (χ0n) is 49.7. The Bertz CT molecular complexity index is 3120. The third kappa shape index (κ3) is 13.9. The van der Waals surface area contributed by atoms with Crippen molar-refractivity contribution in [1.82, 2.24) is 16.0 Å². The lowest BCUT2D eigenvalue weighted by atomic mass is 9.46. The van der Waals surface area contributed by atoms with Crippen LogP contribution in [0.4, 0.5) is 11.4 Å². The standard InChI is InChI=1S/C66H81N5O15/c1-41(2)60(70-57(77)25-28-81-30-32-83-34-35-84-33-31-82-29-27-67-56(76)22-23-58(78)71-39-46-12-7-6-10-43(46)14-15-44-11-8-9-13-52(44)71)62(80)68-42(3)61(79)69-48-19-16-45(17-20-48)63-85-55-37-51-50-21-18-47-36-49(73)24-26-64(47,4)59(50)53(74)38-65(51,5)66(55,86-63)54(75)40-72/h6-13,16-17,19-20,24,26,36,41-42,50-51,53,55,59-60,63,72,74H,18,21-23,25,27-35,37-40H2,1-5H3,(H,67,76)(H,68,80)(H,69,79)(H,70,77)/t42-,50+,51+,53+,55-,59-,60-,63-,64+,65+,66-/m0/s1. The molecular formula is C66H81N5O15. The largest absolute Gasteiger partial charge is 0.393 e. The van der Waals surface area contributed by atoms with E-state index in [0.29, 0.717) is 63.6 Å². The summed E-state index contributed by atoms with van der Waals surface area (Å²) in [5.74, 6) is 3.54. The van der Waals surface area contributed by atoms with Gasteiger partial charge in [0, 0.05) is 64.9 Å². The van der Waals surface area contributed by atoms with Crippen LogP contribution in [-0.4, -0.2) is 147 Å². The first-order valence-corrected chi connectivity index (χ1v) is 30.0. The van der Waals surface area contributed by atoms with Gasteiger partial charge in [0.1, 0.15) is 18.7 Å². The number of para-hydroxylation sites is 1. The number of nitrogens with zero attached hydrogens (tertiary/aromatic N) is 1. The number of ether oxygens (including phenoxy) is 6. The molecule has 4 fully saturated rings. The normalized spacial score (nSPS) is 26.5. The molecule has 1 saturated heterocycles. The van der Waals surface area contributed by atoms with Crippen molar-refractivity contribution in [3.63, 3.8) is 0 Å². The second kappa shape index (κ2) is 28.3. The minimum absolute atomic E-state index is 0.00337. The molecule has 0 bridgehead atoms.